The first kappa shape index (κ1) is 26.8. The zero-order valence-electron chi connectivity index (χ0n) is 16.3. The second-order valence-corrected chi connectivity index (χ2v) is 7.86. The predicted octanol–water partition coefficient (Wildman–Crippen LogP) is 2.63. The number of alkyl halides is 2. The van der Waals surface area contributed by atoms with Gasteiger partial charge in [-0.3, -0.25) is 4.99 Å². The Morgan fingerprint density at radius 2 is 1.89 bits per heavy atom. The van der Waals surface area contributed by atoms with Crippen LogP contribution in [0.3, 0.4) is 0 Å². The van der Waals surface area contributed by atoms with Crippen LogP contribution in [0.5, 0.6) is 5.75 Å². The Bertz CT molecular complexity index is 688. The Labute approximate surface area is 183 Å². The van der Waals surface area contributed by atoms with Crippen molar-refractivity contribution in [3.63, 3.8) is 0 Å². The topological polar surface area (TPSA) is 83.0 Å². The van der Waals surface area contributed by atoms with Gasteiger partial charge in [-0.1, -0.05) is 12.1 Å². The number of nitrogens with zero attached hydrogens (tertiary/aromatic N) is 2. The maximum absolute atomic E-state index is 12.2. The summed E-state index contributed by atoms with van der Waals surface area (Å²) in [6, 6.07) is 6.44. The van der Waals surface area contributed by atoms with Crippen LogP contribution < -0.4 is 14.8 Å². The molecular weight excluding hydrogens is 505 g/mol. The van der Waals surface area contributed by atoms with E-state index in [2.05, 4.69) is 19.8 Å². The van der Waals surface area contributed by atoms with Crippen molar-refractivity contribution in [1.82, 2.24) is 14.9 Å². The molecule has 1 rings (SSSR count). The molecule has 0 saturated carbocycles. The lowest BCUT2D eigenvalue weighted by atomic mass is 10.2. The molecular formula is C17H29F2IN4O3S. The lowest BCUT2D eigenvalue weighted by Gasteiger charge is -2.22. The van der Waals surface area contributed by atoms with Gasteiger partial charge < -0.3 is 15.0 Å². The number of guanidine groups is 1. The molecule has 28 heavy (non-hydrogen) atoms. The van der Waals surface area contributed by atoms with E-state index < -0.39 is 16.6 Å². The average Bonchev–Trinajstić information content (AvgIpc) is 2.61. The Morgan fingerprint density at radius 3 is 2.43 bits per heavy atom. The zero-order valence-corrected chi connectivity index (χ0v) is 19.5. The molecule has 0 aliphatic rings. The summed E-state index contributed by atoms with van der Waals surface area (Å²) in [5, 5.41) is 3.17. The van der Waals surface area contributed by atoms with Crippen LogP contribution in [-0.2, 0) is 16.6 Å². The highest BCUT2D eigenvalue weighted by Crippen LogP contribution is 2.15. The van der Waals surface area contributed by atoms with Crippen LogP contribution in [0.4, 0.5) is 8.78 Å². The van der Waals surface area contributed by atoms with Crippen LogP contribution in [0, 0.1) is 0 Å². The summed E-state index contributed by atoms with van der Waals surface area (Å²) < 4.78 is 54.0. The number of hydrogen-bond acceptors (Lipinski definition) is 4. The monoisotopic (exact) mass is 534 g/mol. The van der Waals surface area contributed by atoms with Crippen LogP contribution >= 0.6 is 24.0 Å². The maximum Gasteiger partial charge on any atom is 0.387 e. The Kier molecular flexibility index (Phi) is 13.3. The summed E-state index contributed by atoms with van der Waals surface area (Å²) in [6.07, 6.45) is 0.585. The highest BCUT2D eigenvalue weighted by Gasteiger charge is 2.09. The fourth-order valence-electron chi connectivity index (χ4n) is 2.19. The van der Waals surface area contributed by atoms with Gasteiger partial charge in [-0.25, -0.2) is 13.1 Å². The molecule has 0 fully saturated rings. The van der Waals surface area contributed by atoms with Crippen LogP contribution in [0.2, 0.25) is 0 Å². The molecule has 0 aliphatic heterocycles. The Balaban J connectivity index is 0.00000729. The van der Waals surface area contributed by atoms with Crippen molar-refractivity contribution >= 4 is 40.0 Å². The predicted molar refractivity (Wildman–Crippen MR) is 118 cm³/mol. The second-order valence-electron chi connectivity index (χ2n) is 5.77. The van der Waals surface area contributed by atoms with Crippen molar-refractivity contribution in [3.05, 3.63) is 29.8 Å². The quantitative estimate of drug-likeness (QED) is 0.198. The van der Waals surface area contributed by atoms with Crippen molar-refractivity contribution in [1.29, 1.82) is 0 Å². The van der Waals surface area contributed by atoms with E-state index in [1.54, 1.807) is 19.1 Å². The largest absolute Gasteiger partial charge is 0.435 e. The van der Waals surface area contributed by atoms with Gasteiger partial charge in [0.1, 0.15) is 5.75 Å². The zero-order chi connectivity index (χ0) is 20.3. The third-order valence-corrected chi connectivity index (χ3v) is 4.97. The molecule has 0 radical (unpaired) electrons. The van der Waals surface area contributed by atoms with Gasteiger partial charge in [0.25, 0.3) is 0 Å². The first-order valence-electron chi connectivity index (χ1n) is 8.78. The molecule has 11 heteroatoms. The lowest BCUT2D eigenvalue weighted by molar-refractivity contribution is -0.0498. The summed E-state index contributed by atoms with van der Waals surface area (Å²) in [4.78, 5) is 6.39. The summed E-state index contributed by atoms with van der Waals surface area (Å²) in [5.74, 6) is 0.859. The highest BCUT2D eigenvalue weighted by molar-refractivity contribution is 14.0. The maximum atomic E-state index is 12.2. The molecule has 0 saturated heterocycles. The van der Waals surface area contributed by atoms with Crippen LogP contribution in [-0.4, -0.2) is 58.3 Å². The van der Waals surface area contributed by atoms with Gasteiger partial charge in [-0.05, 0) is 38.0 Å². The molecule has 7 nitrogen and oxygen atoms in total. The molecule has 0 bridgehead atoms. The number of benzene rings is 1. The van der Waals surface area contributed by atoms with Crippen molar-refractivity contribution in [3.8, 4) is 5.75 Å². The molecule has 0 spiro atoms. The van der Waals surface area contributed by atoms with Crippen LogP contribution in [0.15, 0.2) is 29.3 Å². The lowest BCUT2D eigenvalue weighted by Crippen LogP contribution is -2.38. The summed E-state index contributed by atoms with van der Waals surface area (Å²) in [6.45, 7) is 2.73. The Hall–Kier alpha value is -1.21. The summed E-state index contributed by atoms with van der Waals surface area (Å²) >= 11 is 0. The third kappa shape index (κ3) is 11.0. The number of hydrogen-bond donors (Lipinski definition) is 2. The van der Waals surface area contributed by atoms with E-state index in [4.69, 9.17) is 0 Å². The van der Waals surface area contributed by atoms with E-state index in [9.17, 15) is 17.2 Å². The highest BCUT2D eigenvalue weighted by atomic mass is 127. The first-order chi connectivity index (χ1) is 12.8. The summed E-state index contributed by atoms with van der Waals surface area (Å²) in [5.41, 5.74) is 0.917. The van der Waals surface area contributed by atoms with Gasteiger partial charge in [0, 0.05) is 33.2 Å². The molecule has 1 aromatic rings. The van der Waals surface area contributed by atoms with Gasteiger partial charge in [-0.15, -0.1) is 24.0 Å². The minimum absolute atomic E-state index is 0. The molecule has 0 aliphatic carbocycles. The number of sulfonamides is 1. The van der Waals surface area contributed by atoms with Gasteiger partial charge in [0.15, 0.2) is 5.96 Å². The number of nitrogens with one attached hydrogen (secondary N) is 2. The standard InChI is InChI=1S/C17H28F2N4O3S.HI/c1-4-20-17(21-11-6-12-22-27(24,25)5-2)23(3)13-14-7-9-15(10-8-14)26-16(18)19;/h7-10,16,22H,4-6,11-13H2,1-3H3,(H,20,21);1H. The number of rotatable bonds is 11. The number of aliphatic imine (C=N–C) groups is 1. The average molecular weight is 534 g/mol. The smallest absolute Gasteiger partial charge is 0.387 e. The van der Waals surface area contributed by atoms with E-state index in [-0.39, 0.29) is 35.5 Å². The van der Waals surface area contributed by atoms with Gasteiger partial charge >= 0.3 is 6.61 Å². The molecule has 0 aromatic heterocycles. The van der Waals surface area contributed by atoms with Crippen molar-refractivity contribution in [2.75, 3.05) is 32.4 Å². The van der Waals surface area contributed by atoms with Crippen molar-refractivity contribution in [2.45, 2.75) is 33.4 Å². The normalized spacial score (nSPS) is 11.9. The van der Waals surface area contributed by atoms with Crippen molar-refractivity contribution in [2.24, 2.45) is 4.99 Å². The fourth-order valence-corrected chi connectivity index (χ4v) is 2.85. The Morgan fingerprint density at radius 1 is 1.25 bits per heavy atom. The number of halogens is 3. The van der Waals surface area contributed by atoms with E-state index in [1.807, 2.05) is 18.9 Å². The van der Waals surface area contributed by atoms with Gasteiger partial charge in [-0.2, -0.15) is 8.78 Å². The van der Waals surface area contributed by atoms with E-state index in [0.717, 1.165) is 5.56 Å². The second kappa shape index (κ2) is 13.9. The van der Waals surface area contributed by atoms with Crippen LogP contribution in [0.25, 0.3) is 0 Å². The van der Waals surface area contributed by atoms with E-state index in [1.165, 1.54) is 12.1 Å². The molecule has 0 amide bonds. The van der Waals surface area contributed by atoms with Gasteiger partial charge in [0.05, 0.1) is 5.75 Å². The molecule has 0 heterocycles. The third-order valence-electron chi connectivity index (χ3n) is 3.56. The molecule has 2 N–H and O–H groups in total. The molecule has 1 aromatic carbocycles. The number of ether oxygens (including phenoxy) is 1. The molecule has 0 unspecified atom stereocenters. The minimum Gasteiger partial charge on any atom is -0.435 e. The van der Waals surface area contributed by atoms with Crippen molar-refractivity contribution < 1.29 is 21.9 Å². The molecule has 162 valence electrons. The molecule has 0 atom stereocenters. The van der Waals surface area contributed by atoms with E-state index in [0.29, 0.717) is 38.6 Å². The summed E-state index contributed by atoms with van der Waals surface area (Å²) in [7, 11) is -1.31. The van der Waals surface area contributed by atoms with Crippen LogP contribution in [0.1, 0.15) is 25.8 Å². The fraction of sp³-hybridized carbons (Fsp3) is 0.588. The van der Waals surface area contributed by atoms with Gasteiger partial charge in [0.2, 0.25) is 10.0 Å². The first-order valence-corrected chi connectivity index (χ1v) is 10.4. The minimum atomic E-state index is -3.18. The van der Waals surface area contributed by atoms with E-state index >= 15 is 0 Å². The SMILES string of the molecule is CCNC(=NCCCNS(=O)(=O)CC)N(C)Cc1ccc(OC(F)F)cc1.I.